The summed E-state index contributed by atoms with van der Waals surface area (Å²) in [4.78, 5) is 0. The molecule has 222 valence electrons. The number of aliphatic hydroxyl groups is 1. The van der Waals surface area contributed by atoms with Crippen LogP contribution in [0.2, 0.25) is 0 Å². The summed E-state index contributed by atoms with van der Waals surface area (Å²) >= 11 is 0. The van der Waals surface area contributed by atoms with E-state index in [9.17, 15) is 5.11 Å². The Hall–Kier alpha value is -3.06. The predicted octanol–water partition coefficient (Wildman–Crippen LogP) is 12.2. The molecule has 1 N–H and O–H groups in total. The minimum absolute atomic E-state index is 0.174. The fourth-order valence-electron chi connectivity index (χ4n) is 5.78. The van der Waals surface area contributed by atoms with Gasteiger partial charge in [-0.1, -0.05) is 147 Å². The first-order chi connectivity index (χ1) is 19.2. The summed E-state index contributed by atoms with van der Waals surface area (Å²) in [5.41, 5.74) is 8.00. The molecule has 41 heavy (non-hydrogen) atoms. The van der Waals surface area contributed by atoms with Crippen LogP contribution in [-0.2, 0) is 0 Å². The lowest BCUT2D eigenvalue weighted by Gasteiger charge is -2.37. The molecule has 2 atom stereocenters. The fraction of sp³-hybridized carbons (Fsp3) is 0.450. The largest absolute Gasteiger partial charge is 0.512 e. The maximum atomic E-state index is 10.2. The molecular weight excluding hydrogens is 496 g/mol. The highest BCUT2D eigenvalue weighted by Crippen LogP contribution is 2.44. The molecule has 0 amide bonds. The van der Waals surface area contributed by atoms with Gasteiger partial charge in [0.1, 0.15) is 0 Å². The molecule has 0 saturated heterocycles. The highest BCUT2D eigenvalue weighted by atomic mass is 16.3. The molecule has 0 aromatic carbocycles. The normalized spacial score (nSPS) is 25.1. The van der Waals surface area contributed by atoms with Gasteiger partial charge >= 0.3 is 0 Å². The molecule has 1 nitrogen and oxygen atoms in total. The van der Waals surface area contributed by atoms with Gasteiger partial charge in [-0.2, -0.15) is 0 Å². The van der Waals surface area contributed by atoms with E-state index in [1.54, 1.807) is 0 Å². The third-order valence-electron chi connectivity index (χ3n) is 8.73. The van der Waals surface area contributed by atoms with Crippen LogP contribution in [0, 0.1) is 22.7 Å². The van der Waals surface area contributed by atoms with E-state index in [0.29, 0.717) is 17.1 Å². The van der Waals surface area contributed by atoms with Crippen molar-refractivity contribution in [3.63, 3.8) is 0 Å². The van der Waals surface area contributed by atoms with E-state index in [4.69, 9.17) is 0 Å². The predicted molar refractivity (Wildman–Crippen MR) is 183 cm³/mol. The van der Waals surface area contributed by atoms with E-state index in [1.807, 2.05) is 0 Å². The van der Waals surface area contributed by atoms with Gasteiger partial charge in [0.15, 0.2) is 0 Å². The molecule has 0 spiro atoms. The molecule has 0 radical (unpaired) electrons. The van der Waals surface area contributed by atoms with Crippen LogP contribution in [0.5, 0.6) is 0 Å². The van der Waals surface area contributed by atoms with E-state index in [1.165, 1.54) is 40.7 Å². The minimum Gasteiger partial charge on any atom is -0.512 e. The van der Waals surface area contributed by atoms with Gasteiger partial charge in [0.05, 0.1) is 5.76 Å². The van der Waals surface area contributed by atoms with Crippen LogP contribution in [0.15, 0.2) is 130 Å². The standard InChI is InChI=1S/C40H56O/c1-30(18-13-20-32(3)23-25-36-34(5)22-15-28-39(36,7)8)16-11-12-17-31(2)19-14-21-33(4)24-26-37-35(6)38(41)27-29-40(37,9)10/h11-14,16-26,36-37,41H,15,27-29H2,1-10H3/b12-11+,18-13+,19-14+,25-23+,26-24+,30-16+,31-17+,32-20+,33-21+. The van der Waals surface area contributed by atoms with Crippen LogP contribution in [-0.4, -0.2) is 5.11 Å². The zero-order valence-corrected chi connectivity index (χ0v) is 27.6. The van der Waals surface area contributed by atoms with Crippen molar-refractivity contribution >= 4 is 0 Å². The summed E-state index contributed by atoms with van der Waals surface area (Å²) in [5, 5.41) is 10.2. The fourth-order valence-corrected chi connectivity index (χ4v) is 5.78. The highest BCUT2D eigenvalue weighted by molar-refractivity contribution is 5.33. The molecule has 0 fully saturated rings. The molecule has 2 rings (SSSR count). The second-order valence-electron chi connectivity index (χ2n) is 13.5. The van der Waals surface area contributed by atoms with Gasteiger partial charge in [-0.3, -0.25) is 0 Å². The number of aliphatic hydroxyl groups excluding tert-OH is 1. The molecular formula is C40H56O. The number of rotatable bonds is 10. The van der Waals surface area contributed by atoms with Crippen LogP contribution in [0.4, 0.5) is 0 Å². The first-order valence-electron chi connectivity index (χ1n) is 15.4. The zero-order valence-electron chi connectivity index (χ0n) is 27.6. The van der Waals surface area contributed by atoms with Crippen molar-refractivity contribution in [1.82, 2.24) is 0 Å². The average Bonchev–Trinajstić information content (AvgIpc) is 2.88. The van der Waals surface area contributed by atoms with E-state index < -0.39 is 0 Å². The maximum Gasteiger partial charge on any atom is 0.0918 e. The van der Waals surface area contributed by atoms with Gasteiger partial charge in [-0.25, -0.2) is 0 Å². The Morgan fingerprint density at radius 3 is 1.61 bits per heavy atom. The third-order valence-corrected chi connectivity index (χ3v) is 8.73. The van der Waals surface area contributed by atoms with Crippen molar-refractivity contribution in [3.8, 4) is 0 Å². The Balaban J connectivity index is 1.89. The van der Waals surface area contributed by atoms with Gasteiger partial charge in [-0.15, -0.1) is 0 Å². The molecule has 0 aliphatic heterocycles. The molecule has 0 bridgehead atoms. The Morgan fingerprint density at radius 2 is 1.10 bits per heavy atom. The van der Waals surface area contributed by atoms with Gasteiger partial charge < -0.3 is 5.11 Å². The molecule has 0 heterocycles. The summed E-state index contributed by atoms with van der Waals surface area (Å²) in [5.74, 6) is 1.37. The summed E-state index contributed by atoms with van der Waals surface area (Å²) in [7, 11) is 0. The van der Waals surface area contributed by atoms with Crippen LogP contribution < -0.4 is 0 Å². The Morgan fingerprint density at radius 1 is 0.659 bits per heavy atom. The SMILES string of the molecule is CC1=CCCC(C)(C)C1/C=C/C(C)=C/C=C/C(C)=C/C=C/C=C(C)/C=C/C=C(C)/C=C/C1C(C)=C(O)CCC1(C)C. The van der Waals surface area contributed by atoms with Crippen LogP contribution in [0.25, 0.3) is 0 Å². The Bertz CT molecular complexity index is 1240. The average molecular weight is 553 g/mol. The zero-order chi connectivity index (χ0) is 30.6. The summed E-state index contributed by atoms with van der Waals surface area (Å²) < 4.78 is 0. The lowest BCUT2D eigenvalue weighted by molar-refractivity contribution is 0.212. The smallest absolute Gasteiger partial charge is 0.0918 e. The lowest BCUT2D eigenvalue weighted by Crippen LogP contribution is -2.28. The first-order valence-corrected chi connectivity index (χ1v) is 15.4. The van der Waals surface area contributed by atoms with Crippen molar-refractivity contribution in [1.29, 1.82) is 0 Å². The third kappa shape index (κ3) is 11.4. The lowest BCUT2D eigenvalue weighted by atomic mass is 9.68. The van der Waals surface area contributed by atoms with Crippen molar-refractivity contribution < 1.29 is 5.11 Å². The van der Waals surface area contributed by atoms with Crippen molar-refractivity contribution in [2.75, 3.05) is 0 Å². The van der Waals surface area contributed by atoms with Gasteiger partial charge in [-0.05, 0) is 77.2 Å². The van der Waals surface area contributed by atoms with Gasteiger partial charge in [0.2, 0.25) is 0 Å². The Kier molecular flexibility index (Phi) is 13.2. The summed E-state index contributed by atoms with van der Waals surface area (Å²) in [6.07, 6.45) is 37.0. The van der Waals surface area contributed by atoms with Crippen LogP contribution in [0.3, 0.4) is 0 Å². The van der Waals surface area contributed by atoms with Crippen molar-refractivity contribution in [2.45, 2.75) is 94.9 Å². The summed E-state index contributed by atoms with van der Waals surface area (Å²) in [6.45, 7) is 22.2. The maximum absolute atomic E-state index is 10.2. The second kappa shape index (κ2) is 15.8. The molecule has 1 heteroatoms. The molecule has 2 unspecified atom stereocenters. The number of allylic oxidation sites excluding steroid dienone is 22. The topological polar surface area (TPSA) is 20.2 Å². The van der Waals surface area contributed by atoms with E-state index in [2.05, 4.69) is 160 Å². The number of hydrogen-bond acceptors (Lipinski definition) is 1. The number of hydrogen-bond donors (Lipinski definition) is 1. The summed E-state index contributed by atoms with van der Waals surface area (Å²) in [6, 6.07) is 0. The van der Waals surface area contributed by atoms with E-state index >= 15 is 0 Å². The van der Waals surface area contributed by atoms with E-state index in [0.717, 1.165) is 18.4 Å². The molecule has 2 aliphatic rings. The van der Waals surface area contributed by atoms with Crippen molar-refractivity contribution in [2.24, 2.45) is 22.7 Å². The van der Waals surface area contributed by atoms with Crippen LogP contribution >= 0.6 is 0 Å². The molecule has 2 aliphatic carbocycles. The Labute approximate surface area is 252 Å². The highest BCUT2D eigenvalue weighted by Gasteiger charge is 2.34. The minimum atomic E-state index is 0.174. The van der Waals surface area contributed by atoms with E-state index in [-0.39, 0.29) is 11.3 Å². The second-order valence-corrected chi connectivity index (χ2v) is 13.5. The molecule has 0 aromatic heterocycles. The molecule has 0 aromatic rings. The van der Waals surface area contributed by atoms with Gasteiger partial charge in [0, 0.05) is 18.3 Å². The first kappa shape index (κ1) is 34.1. The molecule has 0 saturated carbocycles. The van der Waals surface area contributed by atoms with Crippen molar-refractivity contribution in [3.05, 3.63) is 130 Å². The van der Waals surface area contributed by atoms with Crippen LogP contribution in [0.1, 0.15) is 94.9 Å². The monoisotopic (exact) mass is 552 g/mol. The van der Waals surface area contributed by atoms with Gasteiger partial charge in [0.25, 0.3) is 0 Å². The quantitative estimate of drug-likeness (QED) is 0.211.